The minimum atomic E-state index is 0.205. The maximum atomic E-state index is 12.6. The van der Waals surface area contributed by atoms with Gasteiger partial charge in [0.1, 0.15) is 5.75 Å². The summed E-state index contributed by atoms with van der Waals surface area (Å²) >= 11 is 0. The number of carbonyl (C=O) groups excluding carboxylic acids is 1. The van der Waals surface area contributed by atoms with Gasteiger partial charge in [-0.2, -0.15) is 0 Å². The molecule has 25 heavy (non-hydrogen) atoms. The summed E-state index contributed by atoms with van der Waals surface area (Å²) in [6.07, 6.45) is 1.74. The van der Waals surface area contributed by atoms with Gasteiger partial charge in [-0.25, -0.2) is 0 Å². The third kappa shape index (κ3) is 4.95. The van der Waals surface area contributed by atoms with Gasteiger partial charge in [0.05, 0.1) is 13.7 Å². The number of ether oxygens (including phenoxy) is 2. The van der Waals surface area contributed by atoms with Gasteiger partial charge in [0.25, 0.3) is 0 Å². The zero-order valence-corrected chi connectivity index (χ0v) is 15.4. The highest BCUT2D eigenvalue weighted by molar-refractivity contribution is 5.77. The second-order valence-corrected chi connectivity index (χ2v) is 7.29. The maximum Gasteiger partial charge on any atom is 0.223 e. The van der Waals surface area contributed by atoms with Crippen molar-refractivity contribution in [3.8, 4) is 5.75 Å². The van der Waals surface area contributed by atoms with E-state index >= 15 is 0 Å². The predicted molar refractivity (Wildman–Crippen MR) is 98.0 cm³/mol. The molecule has 2 aliphatic heterocycles. The smallest absolute Gasteiger partial charge is 0.223 e. The van der Waals surface area contributed by atoms with Crippen LogP contribution in [-0.4, -0.2) is 68.8 Å². The second-order valence-electron chi connectivity index (χ2n) is 7.29. The summed E-state index contributed by atoms with van der Waals surface area (Å²) < 4.78 is 10.7. The number of hydrogen-bond donors (Lipinski definition) is 0. The first kappa shape index (κ1) is 18.2. The lowest BCUT2D eigenvalue weighted by Crippen LogP contribution is -2.50. The lowest BCUT2D eigenvalue weighted by Gasteiger charge is -2.36. The van der Waals surface area contributed by atoms with Crippen LogP contribution in [0.25, 0.3) is 0 Å². The predicted octanol–water partition coefficient (Wildman–Crippen LogP) is 2.37. The first-order valence-corrected chi connectivity index (χ1v) is 9.37. The first-order valence-electron chi connectivity index (χ1n) is 9.37. The van der Waals surface area contributed by atoms with Gasteiger partial charge in [-0.05, 0) is 36.0 Å². The van der Waals surface area contributed by atoms with Crippen LogP contribution in [0.1, 0.15) is 31.2 Å². The number of piperazine rings is 1. The van der Waals surface area contributed by atoms with E-state index in [1.54, 1.807) is 7.11 Å². The molecule has 138 valence electrons. The summed E-state index contributed by atoms with van der Waals surface area (Å²) in [5.74, 6) is 1.99. The average molecular weight is 346 g/mol. The Morgan fingerprint density at radius 2 is 2.12 bits per heavy atom. The Kier molecular flexibility index (Phi) is 6.32. The van der Waals surface area contributed by atoms with Crippen molar-refractivity contribution in [3.05, 3.63) is 29.8 Å². The van der Waals surface area contributed by atoms with Crippen LogP contribution in [0, 0.1) is 5.92 Å². The Labute approximate surface area is 150 Å². The Bertz CT molecular complexity index is 564. The molecule has 0 radical (unpaired) electrons. The fourth-order valence-electron chi connectivity index (χ4n) is 3.73. The molecule has 0 spiro atoms. The van der Waals surface area contributed by atoms with E-state index in [9.17, 15) is 4.79 Å². The van der Waals surface area contributed by atoms with Gasteiger partial charge < -0.3 is 14.4 Å². The topological polar surface area (TPSA) is 42.0 Å². The molecule has 1 aromatic carbocycles. The molecule has 1 aromatic rings. The number of carbonyl (C=O) groups is 1. The molecule has 2 atom stereocenters. The summed E-state index contributed by atoms with van der Waals surface area (Å²) in [5, 5.41) is 0. The van der Waals surface area contributed by atoms with Crippen molar-refractivity contribution in [3.63, 3.8) is 0 Å². The van der Waals surface area contributed by atoms with Crippen LogP contribution in [0.4, 0.5) is 0 Å². The third-order valence-corrected chi connectivity index (χ3v) is 5.41. The summed E-state index contributed by atoms with van der Waals surface area (Å²) in [6, 6.07) is 8.02. The van der Waals surface area contributed by atoms with Crippen molar-refractivity contribution >= 4 is 5.91 Å². The van der Waals surface area contributed by atoms with E-state index < -0.39 is 0 Å². The normalized spacial score (nSPS) is 22.8. The Balaban J connectivity index is 1.45. The van der Waals surface area contributed by atoms with Crippen molar-refractivity contribution in [1.29, 1.82) is 0 Å². The first-order chi connectivity index (χ1) is 12.2. The van der Waals surface area contributed by atoms with Gasteiger partial charge in [-0.3, -0.25) is 9.69 Å². The number of benzene rings is 1. The maximum absolute atomic E-state index is 12.6. The fraction of sp³-hybridized carbons (Fsp3) is 0.650. The Morgan fingerprint density at radius 1 is 1.32 bits per heavy atom. The summed E-state index contributed by atoms with van der Waals surface area (Å²) in [4.78, 5) is 17.2. The highest BCUT2D eigenvalue weighted by atomic mass is 16.5. The molecule has 0 aliphatic carbocycles. The number of nitrogens with zero attached hydrogens (tertiary/aromatic N) is 2. The van der Waals surface area contributed by atoms with Gasteiger partial charge in [0, 0.05) is 45.8 Å². The lowest BCUT2D eigenvalue weighted by atomic mass is 9.97. The van der Waals surface area contributed by atoms with Gasteiger partial charge in [0.2, 0.25) is 5.91 Å². The Morgan fingerprint density at radius 3 is 2.80 bits per heavy atom. The van der Waals surface area contributed by atoms with Gasteiger partial charge in [-0.15, -0.1) is 0 Å². The molecule has 2 aliphatic rings. The van der Waals surface area contributed by atoms with Gasteiger partial charge in [0.15, 0.2) is 0 Å². The minimum absolute atomic E-state index is 0.205. The van der Waals surface area contributed by atoms with E-state index in [0.29, 0.717) is 12.3 Å². The summed E-state index contributed by atoms with van der Waals surface area (Å²) in [7, 11) is 1.67. The quantitative estimate of drug-likeness (QED) is 0.793. The van der Waals surface area contributed by atoms with Gasteiger partial charge >= 0.3 is 0 Å². The highest BCUT2D eigenvalue weighted by Crippen LogP contribution is 2.24. The molecule has 0 saturated carbocycles. The number of amides is 1. The van der Waals surface area contributed by atoms with Crippen LogP contribution in [0.3, 0.4) is 0 Å². The number of methoxy groups -OCH3 is 1. The van der Waals surface area contributed by atoms with Crippen molar-refractivity contribution in [1.82, 2.24) is 9.80 Å². The molecule has 0 bridgehead atoms. The molecule has 5 nitrogen and oxygen atoms in total. The fourth-order valence-corrected chi connectivity index (χ4v) is 3.73. The molecule has 5 heteroatoms. The van der Waals surface area contributed by atoms with E-state index in [2.05, 4.69) is 17.9 Å². The third-order valence-electron chi connectivity index (χ3n) is 5.41. The van der Waals surface area contributed by atoms with Crippen LogP contribution in [0.5, 0.6) is 5.75 Å². The van der Waals surface area contributed by atoms with Crippen LogP contribution < -0.4 is 4.74 Å². The largest absolute Gasteiger partial charge is 0.497 e. The van der Waals surface area contributed by atoms with Crippen molar-refractivity contribution in [2.75, 3.05) is 53.0 Å². The van der Waals surface area contributed by atoms with Crippen LogP contribution >= 0.6 is 0 Å². The zero-order valence-electron chi connectivity index (χ0n) is 15.4. The van der Waals surface area contributed by atoms with Gasteiger partial charge in [-0.1, -0.05) is 19.1 Å². The summed E-state index contributed by atoms with van der Waals surface area (Å²) in [6.45, 7) is 8.69. The molecule has 1 amide bonds. The summed E-state index contributed by atoms with van der Waals surface area (Å²) in [5.41, 5.74) is 1.16. The zero-order chi connectivity index (χ0) is 17.6. The van der Waals surface area contributed by atoms with E-state index in [0.717, 1.165) is 57.3 Å². The van der Waals surface area contributed by atoms with Crippen molar-refractivity contribution in [2.45, 2.75) is 25.7 Å². The molecule has 2 heterocycles. The lowest BCUT2D eigenvalue weighted by molar-refractivity contribution is -0.133. The van der Waals surface area contributed by atoms with E-state index in [1.165, 1.54) is 6.42 Å². The molecule has 3 rings (SSSR count). The average Bonchev–Trinajstić information content (AvgIpc) is 3.15. The van der Waals surface area contributed by atoms with E-state index in [-0.39, 0.29) is 11.8 Å². The molecule has 0 unspecified atom stereocenters. The molecular weight excluding hydrogens is 316 g/mol. The van der Waals surface area contributed by atoms with E-state index in [1.807, 2.05) is 23.1 Å². The molecule has 0 N–H and O–H groups in total. The molecule has 0 aromatic heterocycles. The number of hydrogen-bond acceptors (Lipinski definition) is 4. The van der Waals surface area contributed by atoms with Crippen LogP contribution in [0.15, 0.2) is 24.3 Å². The monoisotopic (exact) mass is 346 g/mol. The van der Waals surface area contributed by atoms with Crippen molar-refractivity contribution < 1.29 is 14.3 Å². The molecule has 2 saturated heterocycles. The molecular formula is C20H30N2O3. The van der Waals surface area contributed by atoms with Crippen LogP contribution in [-0.2, 0) is 9.53 Å². The SMILES string of the molecule is COc1cccc([C@@H](C)CC(=O)N2CCN(C[C@H]3CCOC3)CC2)c1. The van der Waals surface area contributed by atoms with E-state index in [4.69, 9.17) is 9.47 Å². The van der Waals surface area contributed by atoms with Crippen LogP contribution in [0.2, 0.25) is 0 Å². The minimum Gasteiger partial charge on any atom is -0.497 e. The number of rotatable bonds is 6. The standard InChI is InChI=1S/C20H30N2O3/c1-16(18-4-3-5-19(13-18)24-2)12-20(23)22-9-7-21(8-10-22)14-17-6-11-25-15-17/h3-5,13,16-17H,6-12,14-15H2,1-2H3/t16-,17+/m0/s1. The van der Waals surface area contributed by atoms with Crippen molar-refractivity contribution in [2.24, 2.45) is 5.92 Å². The highest BCUT2D eigenvalue weighted by Gasteiger charge is 2.25. The molecule has 2 fully saturated rings. The Hall–Kier alpha value is -1.59. The second kappa shape index (κ2) is 8.68.